The molecule has 21 heavy (non-hydrogen) atoms. The first-order valence-corrected chi connectivity index (χ1v) is 7.35. The first-order valence-electron chi connectivity index (χ1n) is 6.56. The Hall–Kier alpha value is -1.69. The lowest BCUT2D eigenvalue weighted by Crippen LogP contribution is -2.33. The van der Waals surface area contributed by atoms with Crippen LogP contribution in [0, 0.1) is 11.7 Å². The van der Waals surface area contributed by atoms with Crippen molar-refractivity contribution in [2.24, 2.45) is 10.9 Å². The maximum Gasteiger partial charge on any atom is 0.277 e. The Balaban J connectivity index is 2.33. The van der Waals surface area contributed by atoms with E-state index in [-0.39, 0.29) is 16.1 Å². The minimum Gasteiger partial charge on any atom is -0.504 e. The molecule has 0 spiro atoms. The highest BCUT2D eigenvalue weighted by atomic mass is 79.9. The van der Waals surface area contributed by atoms with Crippen LogP contribution in [-0.2, 0) is 4.79 Å². The minimum atomic E-state index is -0.749. The van der Waals surface area contributed by atoms with Gasteiger partial charge < -0.3 is 5.11 Å². The number of carbonyl (C=O) groups is 1. The summed E-state index contributed by atoms with van der Waals surface area (Å²) in [6.45, 7) is 6.41. The number of rotatable bonds is 3. The van der Waals surface area contributed by atoms with E-state index in [0.29, 0.717) is 23.9 Å². The fourth-order valence-electron chi connectivity index (χ4n) is 2.07. The Morgan fingerprint density at radius 3 is 2.71 bits per heavy atom. The lowest BCUT2D eigenvalue weighted by molar-refractivity contribution is -0.123. The molecular weight excluding hydrogens is 339 g/mol. The van der Waals surface area contributed by atoms with Gasteiger partial charge in [0.25, 0.3) is 5.91 Å². The summed E-state index contributed by atoms with van der Waals surface area (Å²) in [5.41, 5.74) is 0.730. The predicted molar refractivity (Wildman–Crippen MR) is 83.4 cm³/mol. The second-order valence-electron chi connectivity index (χ2n) is 5.33. The van der Waals surface area contributed by atoms with E-state index in [1.165, 1.54) is 12.1 Å². The summed E-state index contributed by atoms with van der Waals surface area (Å²) < 4.78 is 13.7. The normalized spacial score (nSPS) is 17.0. The summed E-state index contributed by atoms with van der Waals surface area (Å²) in [6, 6.07) is 2.70. The van der Waals surface area contributed by atoms with Gasteiger partial charge in [0.1, 0.15) is 11.5 Å². The van der Waals surface area contributed by atoms with Crippen LogP contribution in [0.1, 0.15) is 26.3 Å². The third-order valence-corrected chi connectivity index (χ3v) is 3.63. The molecule has 4 nitrogen and oxygen atoms in total. The van der Waals surface area contributed by atoms with Crippen LogP contribution in [0.15, 0.2) is 27.3 Å². The van der Waals surface area contributed by atoms with Gasteiger partial charge in [-0.15, -0.1) is 0 Å². The highest BCUT2D eigenvalue weighted by Gasteiger charge is 2.27. The van der Waals surface area contributed by atoms with Crippen molar-refractivity contribution in [1.82, 2.24) is 4.90 Å². The molecular formula is C15H16BrFN2O2. The monoisotopic (exact) mass is 354 g/mol. The molecule has 1 N–H and O–H groups in total. The van der Waals surface area contributed by atoms with Crippen molar-refractivity contribution in [2.45, 2.75) is 20.8 Å². The molecule has 0 atom stereocenters. The topological polar surface area (TPSA) is 52.9 Å². The fourth-order valence-corrected chi connectivity index (χ4v) is 2.52. The average molecular weight is 355 g/mol. The fraction of sp³-hybridized carbons (Fsp3) is 0.333. The van der Waals surface area contributed by atoms with E-state index in [1.807, 2.05) is 13.8 Å². The molecule has 0 saturated carbocycles. The number of amides is 1. The van der Waals surface area contributed by atoms with Gasteiger partial charge in [0.05, 0.1) is 4.47 Å². The molecule has 0 unspecified atom stereocenters. The molecule has 0 saturated heterocycles. The van der Waals surface area contributed by atoms with E-state index in [4.69, 9.17) is 0 Å². The van der Waals surface area contributed by atoms with Crippen molar-refractivity contribution < 1.29 is 14.3 Å². The minimum absolute atomic E-state index is 0.189. The van der Waals surface area contributed by atoms with Gasteiger partial charge in [0.2, 0.25) is 0 Å². The van der Waals surface area contributed by atoms with E-state index >= 15 is 0 Å². The van der Waals surface area contributed by atoms with Gasteiger partial charge in [-0.25, -0.2) is 9.38 Å². The van der Waals surface area contributed by atoms with Gasteiger partial charge >= 0.3 is 0 Å². The number of aromatic hydroxyl groups is 1. The zero-order valence-corrected chi connectivity index (χ0v) is 13.6. The van der Waals surface area contributed by atoms with Gasteiger partial charge in [0.15, 0.2) is 11.6 Å². The van der Waals surface area contributed by atoms with E-state index in [9.17, 15) is 14.3 Å². The van der Waals surface area contributed by atoms with E-state index in [0.717, 1.165) is 6.07 Å². The molecule has 0 aromatic heterocycles. The lowest BCUT2D eigenvalue weighted by atomic mass is 10.1. The molecule has 1 aliphatic heterocycles. The zero-order valence-electron chi connectivity index (χ0n) is 12.0. The summed E-state index contributed by atoms with van der Waals surface area (Å²) in [7, 11) is 0. The standard InChI is InChI=1S/C15H16BrFN2O2/c1-8(2)7-19-9(3)18-13(15(19)21)6-10-4-11(16)14(20)12(17)5-10/h4-6,8,20H,7H2,1-3H3/b13-6-. The van der Waals surface area contributed by atoms with Crippen molar-refractivity contribution in [3.63, 3.8) is 0 Å². The van der Waals surface area contributed by atoms with Gasteiger partial charge in [-0.3, -0.25) is 9.69 Å². The smallest absolute Gasteiger partial charge is 0.277 e. The molecule has 1 amide bonds. The van der Waals surface area contributed by atoms with Gasteiger partial charge in [0, 0.05) is 6.54 Å². The molecule has 6 heteroatoms. The number of nitrogens with zero attached hydrogens (tertiary/aromatic N) is 2. The summed E-state index contributed by atoms with van der Waals surface area (Å²) in [6.07, 6.45) is 1.51. The Bertz CT molecular complexity index is 630. The van der Waals surface area contributed by atoms with Crippen LogP contribution in [0.2, 0.25) is 0 Å². The quantitative estimate of drug-likeness (QED) is 0.843. The first-order chi connectivity index (χ1) is 9.79. The number of hydrogen-bond acceptors (Lipinski definition) is 3. The van der Waals surface area contributed by atoms with Gasteiger partial charge in [-0.1, -0.05) is 13.8 Å². The van der Waals surface area contributed by atoms with Crippen molar-refractivity contribution >= 4 is 33.7 Å². The molecule has 1 aliphatic rings. The molecule has 0 bridgehead atoms. The molecule has 1 aromatic carbocycles. The SMILES string of the molecule is CC1=N/C(=C\c2cc(F)c(O)c(Br)c2)C(=O)N1CC(C)C. The van der Waals surface area contributed by atoms with Crippen LogP contribution in [0.5, 0.6) is 5.75 Å². The van der Waals surface area contributed by atoms with E-state index in [2.05, 4.69) is 20.9 Å². The van der Waals surface area contributed by atoms with Crippen LogP contribution in [-0.4, -0.2) is 28.3 Å². The zero-order chi connectivity index (χ0) is 15.7. The van der Waals surface area contributed by atoms with Crippen LogP contribution >= 0.6 is 15.9 Å². The largest absolute Gasteiger partial charge is 0.504 e. The molecule has 1 aromatic rings. The third-order valence-electron chi connectivity index (χ3n) is 3.03. The van der Waals surface area contributed by atoms with Crippen molar-refractivity contribution in [2.75, 3.05) is 6.54 Å². The predicted octanol–water partition coefficient (Wildman–Crippen LogP) is 3.55. The maximum atomic E-state index is 13.5. The molecule has 2 rings (SSSR count). The number of benzene rings is 1. The maximum absolute atomic E-state index is 13.5. The molecule has 112 valence electrons. The lowest BCUT2D eigenvalue weighted by Gasteiger charge is -2.17. The summed E-state index contributed by atoms with van der Waals surface area (Å²) in [5, 5.41) is 9.38. The van der Waals surface area contributed by atoms with E-state index in [1.54, 1.807) is 11.8 Å². The van der Waals surface area contributed by atoms with Crippen molar-refractivity contribution in [3.8, 4) is 5.75 Å². The number of halogens is 2. The van der Waals surface area contributed by atoms with Crippen LogP contribution in [0.3, 0.4) is 0 Å². The summed E-state index contributed by atoms with van der Waals surface area (Å²) in [5.74, 6) is -0.416. The Morgan fingerprint density at radius 2 is 2.14 bits per heavy atom. The van der Waals surface area contributed by atoms with Crippen molar-refractivity contribution in [1.29, 1.82) is 0 Å². The summed E-state index contributed by atoms with van der Waals surface area (Å²) >= 11 is 3.07. The van der Waals surface area contributed by atoms with Crippen LogP contribution in [0.25, 0.3) is 6.08 Å². The second-order valence-corrected chi connectivity index (χ2v) is 6.19. The number of phenolic OH excluding ortho intramolecular Hbond substituents is 1. The number of amidine groups is 1. The number of aliphatic imine (C=N–C) groups is 1. The Kier molecular flexibility index (Phi) is 4.46. The van der Waals surface area contributed by atoms with Gasteiger partial charge in [-0.05, 0) is 52.5 Å². The highest BCUT2D eigenvalue weighted by Crippen LogP contribution is 2.29. The summed E-state index contributed by atoms with van der Waals surface area (Å²) in [4.78, 5) is 18.1. The number of hydrogen-bond donors (Lipinski definition) is 1. The molecule has 0 radical (unpaired) electrons. The van der Waals surface area contributed by atoms with Crippen LogP contribution < -0.4 is 0 Å². The average Bonchev–Trinajstić information content (AvgIpc) is 2.63. The first kappa shape index (κ1) is 15.7. The van der Waals surface area contributed by atoms with E-state index < -0.39 is 11.6 Å². The van der Waals surface area contributed by atoms with Crippen LogP contribution in [0.4, 0.5) is 4.39 Å². The Morgan fingerprint density at radius 1 is 1.48 bits per heavy atom. The molecule has 1 heterocycles. The third kappa shape index (κ3) is 3.32. The van der Waals surface area contributed by atoms with Gasteiger partial charge in [-0.2, -0.15) is 0 Å². The molecule has 0 fully saturated rings. The molecule has 0 aliphatic carbocycles. The number of carbonyl (C=O) groups excluding carboxylic acids is 1. The number of phenols is 1. The second kappa shape index (κ2) is 5.97. The van der Waals surface area contributed by atoms with Crippen molar-refractivity contribution in [3.05, 3.63) is 33.7 Å². The Labute approximate surface area is 131 Å². The highest BCUT2D eigenvalue weighted by molar-refractivity contribution is 9.10.